The Hall–Kier alpha value is -3.80. The first-order valence-electron chi connectivity index (χ1n) is 10.5. The predicted molar refractivity (Wildman–Crippen MR) is 120 cm³/mol. The van der Waals surface area contributed by atoms with E-state index < -0.39 is 17.7 Å². The van der Waals surface area contributed by atoms with Crippen LogP contribution in [0.1, 0.15) is 41.0 Å². The molecule has 2 aromatic carbocycles. The number of aliphatic hydroxyl groups is 1. The third kappa shape index (κ3) is 3.91. The molecule has 6 heteroatoms. The largest absolute Gasteiger partial charge is 0.507 e. The molecule has 0 radical (unpaired) electrons. The molecular formula is C26H25NO5. The summed E-state index contributed by atoms with van der Waals surface area (Å²) in [6.07, 6.45) is 1.52. The number of rotatable bonds is 6. The number of likely N-dealkylation sites (tertiary alicyclic amines) is 1. The maximum atomic E-state index is 13.1. The van der Waals surface area contributed by atoms with Crippen LogP contribution in [0.15, 0.2) is 70.9 Å². The summed E-state index contributed by atoms with van der Waals surface area (Å²) in [5.41, 5.74) is 3.07. The van der Waals surface area contributed by atoms with Gasteiger partial charge in [-0.05, 0) is 62.2 Å². The highest BCUT2D eigenvalue weighted by atomic mass is 16.5. The van der Waals surface area contributed by atoms with Crippen LogP contribution in [-0.2, 0) is 16.1 Å². The number of aryl methyl sites for hydroxylation is 2. The average Bonchev–Trinajstić information content (AvgIpc) is 3.38. The van der Waals surface area contributed by atoms with Crippen molar-refractivity contribution in [3.8, 4) is 5.75 Å². The molecular weight excluding hydrogens is 406 g/mol. The van der Waals surface area contributed by atoms with Gasteiger partial charge in [-0.25, -0.2) is 0 Å². The average molecular weight is 431 g/mol. The molecule has 6 nitrogen and oxygen atoms in total. The van der Waals surface area contributed by atoms with Crippen molar-refractivity contribution in [3.63, 3.8) is 0 Å². The summed E-state index contributed by atoms with van der Waals surface area (Å²) in [6.45, 7) is 6.31. The molecule has 1 aliphatic rings. The molecule has 0 bridgehead atoms. The SMILES string of the molecule is CCOc1ccc(C2/C(=C(\O)c3cc(C)ccc3C)C(=O)C(=O)N2Cc2ccco2)cc1. The molecule has 0 saturated carbocycles. The fraction of sp³-hybridized carbons (Fsp3) is 0.231. The summed E-state index contributed by atoms with van der Waals surface area (Å²) in [4.78, 5) is 27.6. The van der Waals surface area contributed by atoms with Crippen LogP contribution < -0.4 is 4.74 Å². The molecule has 0 aliphatic carbocycles. The maximum Gasteiger partial charge on any atom is 0.296 e. The topological polar surface area (TPSA) is 80.0 Å². The van der Waals surface area contributed by atoms with E-state index in [-0.39, 0.29) is 17.9 Å². The van der Waals surface area contributed by atoms with Gasteiger partial charge in [0.1, 0.15) is 17.3 Å². The van der Waals surface area contributed by atoms with Crippen LogP contribution in [-0.4, -0.2) is 28.3 Å². The fourth-order valence-corrected chi connectivity index (χ4v) is 4.01. The molecule has 164 valence electrons. The smallest absolute Gasteiger partial charge is 0.296 e. The normalized spacial score (nSPS) is 17.7. The van der Waals surface area contributed by atoms with Gasteiger partial charge in [0.25, 0.3) is 11.7 Å². The summed E-state index contributed by atoms with van der Waals surface area (Å²) in [5, 5.41) is 11.3. The zero-order valence-electron chi connectivity index (χ0n) is 18.3. The molecule has 3 aromatic rings. The number of ketones is 1. The highest BCUT2D eigenvalue weighted by Gasteiger charge is 2.46. The van der Waals surface area contributed by atoms with Gasteiger partial charge < -0.3 is 19.2 Å². The second kappa shape index (κ2) is 8.75. The Morgan fingerprint density at radius 1 is 1.09 bits per heavy atom. The van der Waals surface area contributed by atoms with Gasteiger partial charge in [0.2, 0.25) is 0 Å². The van der Waals surface area contributed by atoms with Gasteiger partial charge in [-0.1, -0.05) is 29.8 Å². The molecule has 1 aromatic heterocycles. The van der Waals surface area contributed by atoms with Gasteiger partial charge in [-0.15, -0.1) is 0 Å². The summed E-state index contributed by atoms with van der Waals surface area (Å²) >= 11 is 0. The number of carbonyl (C=O) groups excluding carboxylic acids is 2. The summed E-state index contributed by atoms with van der Waals surface area (Å²) in [7, 11) is 0. The summed E-state index contributed by atoms with van der Waals surface area (Å²) in [5.74, 6) is -0.324. The van der Waals surface area contributed by atoms with Crippen LogP contribution in [0.3, 0.4) is 0 Å². The Labute approximate surface area is 186 Å². The number of ether oxygens (including phenoxy) is 1. The number of carbonyl (C=O) groups is 2. The second-order valence-corrected chi connectivity index (χ2v) is 7.83. The number of amides is 1. The van der Waals surface area contributed by atoms with Crippen molar-refractivity contribution in [2.75, 3.05) is 6.61 Å². The molecule has 1 N–H and O–H groups in total. The third-order valence-corrected chi connectivity index (χ3v) is 5.60. The van der Waals surface area contributed by atoms with E-state index in [9.17, 15) is 14.7 Å². The summed E-state index contributed by atoms with van der Waals surface area (Å²) < 4.78 is 11.0. The minimum absolute atomic E-state index is 0.0689. The monoisotopic (exact) mass is 431 g/mol. The maximum absolute atomic E-state index is 13.1. The molecule has 4 rings (SSSR count). The van der Waals surface area contributed by atoms with E-state index >= 15 is 0 Å². The van der Waals surface area contributed by atoms with E-state index in [1.54, 1.807) is 24.3 Å². The molecule has 1 aliphatic heterocycles. The molecule has 1 unspecified atom stereocenters. The Morgan fingerprint density at radius 3 is 2.50 bits per heavy atom. The van der Waals surface area contributed by atoms with Gasteiger partial charge >= 0.3 is 0 Å². The van der Waals surface area contributed by atoms with Gasteiger partial charge in [0.05, 0.1) is 31.0 Å². The van der Waals surface area contributed by atoms with Crippen molar-refractivity contribution < 1.29 is 23.8 Å². The van der Waals surface area contributed by atoms with Crippen molar-refractivity contribution in [2.45, 2.75) is 33.4 Å². The van der Waals surface area contributed by atoms with Gasteiger partial charge in [-0.3, -0.25) is 9.59 Å². The van der Waals surface area contributed by atoms with E-state index in [4.69, 9.17) is 9.15 Å². The second-order valence-electron chi connectivity index (χ2n) is 7.83. The van der Waals surface area contributed by atoms with Gasteiger partial charge in [-0.2, -0.15) is 0 Å². The van der Waals surface area contributed by atoms with E-state index in [1.165, 1.54) is 11.2 Å². The lowest BCUT2D eigenvalue weighted by atomic mass is 9.93. The fourth-order valence-electron chi connectivity index (χ4n) is 4.01. The quantitative estimate of drug-likeness (QED) is 0.341. The lowest BCUT2D eigenvalue weighted by Crippen LogP contribution is -2.29. The van der Waals surface area contributed by atoms with Crippen LogP contribution in [0.5, 0.6) is 5.75 Å². The van der Waals surface area contributed by atoms with Crippen molar-refractivity contribution in [1.29, 1.82) is 0 Å². The van der Waals surface area contributed by atoms with Gasteiger partial charge in [0.15, 0.2) is 0 Å². The first kappa shape index (κ1) is 21.4. The highest BCUT2D eigenvalue weighted by Crippen LogP contribution is 2.41. The van der Waals surface area contributed by atoms with E-state index in [2.05, 4.69) is 0 Å². The Balaban J connectivity index is 1.87. The summed E-state index contributed by atoms with van der Waals surface area (Å²) in [6, 6.07) is 15.6. The van der Waals surface area contributed by atoms with Crippen LogP contribution in [0.2, 0.25) is 0 Å². The number of hydrogen-bond donors (Lipinski definition) is 1. The molecule has 2 heterocycles. The molecule has 1 amide bonds. The Morgan fingerprint density at radius 2 is 1.84 bits per heavy atom. The van der Waals surface area contributed by atoms with E-state index in [1.807, 2.05) is 51.1 Å². The predicted octanol–water partition coefficient (Wildman–Crippen LogP) is 4.92. The Kier molecular flexibility index (Phi) is 5.86. The van der Waals surface area contributed by atoms with Crippen LogP contribution >= 0.6 is 0 Å². The number of Topliss-reactive ketones (excluding diaryl/α,β-unsaturated/α-hetero) is 1. The number of aliphatic hydroxyl groups excluding tert-OH is 1. The standard InChI is InChI=1S/C26H25NO5/c1-4-31-19-11-9-18(10-12-19)23-22(24(28)21-14-16(2)7-8-17(21)3)25(29)26(30)27(23)15-20-6-5-13-32-20/h5-14,23,28H,4,15H2,1-3H3/b24-22+. The first-order chi connectivity index (χ1) is 15.4. The number of nitrogens with zero attached hydrogens (tertiary/aromatic N) is 1. The van der Waals surface area contributed by atoms with Crippen molar-refractivity contribution >= 4 is 17.4 Å². The first-order valence-corrected chi connectivity index (χ1v) is 10.5. The van der Waals surface area contributed by atoms with Crippen molar-refractivity contribution in [2.24, 2.45) is 0 Å². The lowest BCUT2D eigenvalue weighted by molar-refractivity contribution is -0.140. The molecule has 1 fully saturated rings. The van der Waals surface area contributed by atoms with Gasteiger partial charge in [0, 0.05) is 5.56 Å². The molecule has 1 saturated heterocycles. The van der Waals surface area contributed by atoms with Crippen LogP contribution in [0.25, 0.3) is 5.76 Å². The molecule has 0 spiro atoms. The Bertz CT molecular complexity index is 1180. The number of benzene rings is 2. The molecule has 32 heavy (non-hydrogen) atoms. The zero-order valence-corrected chi connectivity index (χ0v) is 18.3. The lowest BCUT2D eigenvalue weighted by Gasteiger charge is -2.25. The zero-order chi connectivity index (χ0) is 22.8. The van der Waals surface area contributed by atoms with Crippen molar-refractivity contribution in [1.82, 2.24) is 4.90 Å². The van der Waals surface area contributed by atoms with E-state index in [0.717, 1.165) is 11.1 Å². The number of furan rings is 1. The highest BCUT2D eigenvalue weighted by molar-refractivity contribution is 6.46. The minimum Gasteiger partial charge on any atom is -0.507 e. The minimum atomic E-state index is -0.754. The van der Waals surface area contributed by atoms with Crippen LogP contribution in [0.4, 0.5) is 0 Å². The van der Waals surface area contributed by atoms with Crippen molar-refractivity contribution in [3.05, 3.63) is 94.4 Å². The number of hydrogen-bond acceptors (Lipinski definition) is 5. The van der Waals surface area contributed by atoms with Crippen LogP contribution in [0, 0.1) is 13.8 Å². The third-order valence-electron chi connectivity index (χ3n) is 5.60. The molecule has 1 atom stereocenters. The van der Waals surface area contributed by atoms with E-state index in [0.29, 0.717) is 29.2 Å².